The third kappa shape index (κ3) is 5.86. The van der Waals surface area contributed by atoms with Crippen LogP contribution in [0.25, 0.3) is 21.0 Å². The van der Waals surface area contributed by atoms with Gasteiger partial charge in [0.25, 0.3) is 5.56 Å². The number of nitrogens with zero attached hydrogens (tertiary/aromatic N) is 3. The Kier molecular flexibility index (Phi) is 8.97. The molecule has 2 aliphatic carbocycles. The molecular weight excluding hydrogens is 634 g/mol. The van der Waals surface area contributed by atoms with E-state index in [0.29, 0.717) is 71.2 Å². The number of aliphatic carboxylic acids is 1. The van der Waals surface area contributed by atoms with Crippen LogP contribution in [0.3, 0.4) is 0 Å². The first kappa shape index (κ1) is 32.3. The summed E-state index contributed by atoms with van der Waals surface area (Å²) in [7, 11) is 1.64. The van der Waals surface area contributed by atoms with Gasteiger partial charge in [0.1, 0.15) is 16.8 Å². The van der Waals surface area contributed by atoms with Gasteiger partial charge in [-0.05, 0) is 56.6 Å². The fourth-order valence-electron chi connectivity index (χ4n) is 7.37. The van der Waals surface area contributed by atoms with Crippen LogP contribution in [-0.4, -0.2) is 51.6 Å². The van der Waals surface area contributed by atoms with Crippen LogP contribution in [0.15, 0.2) is 75.0 Å². The number of hydrogen-bond acceptors (Lipinski definition) is 9. The molecule has 1 N–H and O–H groups in total. The molecule has 48 heavy (non-hydrogen) atoms. The van der Waals surface area contributed by atoms with Crippen LogP contribution in [-0.2, 0) is 26.4 Å². The molecular formula is C36H39N3O8S. The van der Waals surface area contributed by atoms with Crippen molar-refractivity contribution in [3.05, 3.63) is 93.0 Å². The first-order chi connectivity index (χ1) is 23.3. The molecule has 2 unspecified atom stereocenters. The Labute approximate surface area is 281 Å². The van der Waals surface area contributed by atoms with Gasteiger partial charge in [0, 0.05) is 31.7 Å². The van der Waals surface area contributed by atoms with Crippen molar-refractivity contribution in [3.8, 4) is 16.5 Å². The number of carbonyl (C=O) groups is 1. The highest BCUT2D eigenvalue weighted by molar-refractivity contribution is 7.22. The lowest BCUT2D eigenvalue weighted by Crippen LogP contribution is -2.50. The molecule has 1 aliphatic heterocycles. The average Bonchev–Trinajstić information content (AvgIpc) is 3.72. The number of aryl methyl sites for hydroxylation is 1. The lowest BCUT2D eigenvalue weighted by Gasteiger charge is -2.39. The minimum absolute atomic E-state index is 0.0408. The van der Waals surface area contributed by atoms with Crippen molar-refractivity contribution in [2.75, 3.05) is 20.3 Å². The Hall–Kier alpha value is -4.26. The zero-order chi connectivity index (χ0) is 33.4. The third-order valence-corrected chi connectivity index (χ3v) is 11.2. The smallest absolute Gasteiger partial charge is 0.332 e. The van der Waals surface area contributed by atoms with Crippen LogP contribution in [0.2, 0.25) is 0 Å². The molecule has 1 saturated heterocycles. The van der Waals surface area contributed by atoms with Gasteiger partial charge in [0.15, 0.2) is 0 Å². The molecule has 11 nitrogen and oxygen atoms in total. The number of oxazole rings is 1. The van der Waals surface area contributed by atoms with Crippen LogP contribution < -0.4 is 16.0 Å². The highest BCUT2D eigenvalue weighted by Crippen LogP contribution is 2.45. The van der Waals surface area contributed by atoms with Gasteiger partial charge < -0.3 is 23.7 Å². The summed E-state index contributed by atoms with van der Waals surface area (Å²) in [5.74, 6) is -0.328. The van der Waals surface area contributed by atoms with Crippen molar-refractivity contribution in [2.45, 2.75) is 69.7 Å². The van der Waals surface area contributed by atoms with E-state index in [1.807, 2.05) is 55.5 Å². The van der Waals surface area contributed by atoms with E-state index in [1.165, 1.54) is 22.2 Å². The molecule has 4 aromatic rings. The number of benzene rings is 1. The fourth-order valence-corrected chi connectivity index (χ4v) is 8.70. The summed E-state index contributed by atoms with van der Waals surface area (Å²) in [6, 6.07) is 7.80. The van der Waals surface area contributed by atoms with E-state index in [9.17, 15) is 19.5 Å². The topological polar surface area (TPSA) is 135 Å². The summed E-state index contributed by atoms with van der Waals surface area (Å²) in [5, 5.41) is 9.92. The Morgan fingerprint density at radius 3 is 2.67 bits per heavy atom. The van der Waals surface area contributed by atoms with Crippen molar-refractivity contribution < 1.29 is 28.5 Å². The zero-order valence-electron chi connectivity index (χ0n) is 27.0. The van der Waals surface area contributed by atoms with Crippen molar-refractivity contribution >= 4 is 27.5 Å². The highest BCUT2D eigenvalue weighted by Gasteiger charge is 2.41. The van der Waals surface area contributed by atoms with Gasteiger partial charge >= 0.3 is 11.7 Å². The fraction of sp³-hybridized carbons (Fsp3) is 0.444. The van der Waals surface area contributed by atoms with Gasteiger partial charge in [-0.2, -0.15) is 0 Å². The van der Waals surface area contributed by atoms with Crippen molar-refractivity contribution in [2.24, 2.45) is 11.8 Å². The van der Waals surface area contributed by atoms with Gasteiger partial charge in [-0.25, -0.2) is 9.78 Å². The molecule has 2 atom stereocenters. The van der Waals surface area contributed by atoms with Gasteiger partial charge in [-0.1, -0.05) is 42.5 Å². The standard InChI is InChI=1S/C36H39N3O8S/c1-22-29-32(40)38(21-23-18-24(19-23)34(41)42)35(43)39(33(29)48-30(22)31-37-14-17-46-31)36(12-6-3-7-13-36)20-28(47-25-10-15-45-16-11-25)26-8-4-5-9-27(26)44-2/h3-9,12,14,17,23-25,28H,10-11,13,15-16,18-21H2,1-2H3,(H,41,42). The predicted octanol–water partition coefficient (Wildman–Crippen LogP) is 5.85. The molecule has 12 heteroatoms. The summed E-state index contributed by atoms with van der Waals surface area (Å²) in [6.45, 7) is 3.23. The molecule has 0 spiro atoms. The maximum atomic E-state index is 14.9. The third-order valence-electron chi connectivity index (χ3n) is 9.98. The predicted molar refractivity (Wildman–Crippen MR) is 181 cm³/mol. The van der Waals surface area contributed by atoms with Crippen LogP contribution in [0.5, 0.6) is 5.75 Å². The summed E-state index contributed by atoms with van der Waals surface area (Å²) < 4.78 is 27.1. The van der Waals surface area contributed by atoms with E-state index in [2.05, 4.69) is 4.98 Å². The Bertz CT molecular complexity index is 1980. The van der Waals surface area contributed by atoms with E-state index in [1.54, 1.807) is 17.9 Å². The number of allylic oxidation sites excluding steroid dienone is 4. The van der Waals surface area contributed by atoms with E-state index in [-0.39, 0.29) is 24.1 Å². The maximum Gasteiger partial charge on any atom is 0.332 e. The van der Waals surface area contributed by atoms with E-state index in [4.69, 9.17) is 18.6 Å². The number of aromatic nitrogens is 3. The largest absolute Gasteiger partial charge is 0.496 e. The average molecular weight is 674 g/mol. The molecule has 3 aromatic heterocycles. The second kappa shape index (κ2) is 13.3. The first-order valence-corrected chi connectivity index (χ1v) is 17.2. The lowest BCUT2D eigenvalue weighted by molar-refractivity contribution is -0.146. The van der Waals surface area contributed by atoms with Gasteiger partial charge in [-0.3, -0.25) is 18.7 Å². The molecule has 0 radical (unpaired) electrons. The second-order valence-electron chi connectivity index (χ2n) is 13.0. The minimum atomic E-state index is -0.926. The number of hydrogen-bond donors (Lipinski definition) is 1. The molecule has 0 amide bonds. The Balaban J connectivity index is 1.42. The van der Waals surface area contributed by atoms with Crippen molar-refractivity contribution in [1.29, 1.82) is 0 Å². The number of thiophene rings is 1. The monoisotopic (exact) mass is 673 g/mol. The van der Waals surface area contributed by atoms with Gasteiger partial charge in [-0.15, -0.1) is 11.3 Å². The van der Waals surface area contributed by atoms with Crippen LogP contribution >= 0.6 is 11.3 Å². The number of rotatable bonds is 11. The summed E-state index contributed by atoms with van der Waals surface area (Å²) >= 11 is 1.32. The van der Waals surface area contributed by atoms with Gasteiger partial charge in [0.05, 0.1) is 47.2 Å². The molecule has 1 saturated carbocycles. The summed E-state index contributed by atoms with van der Waals surface area (Å²) in [4.78, 5) is 46.3. The first-order valence-electron chi connectivity index (χ1n) is 16.4. The quantitative estimate of drug-likeness (QED) is 0.208. The molecule has 0 bridgehead atoms. The maximum absolute atomic E-state index is 14.9. The molecule has 3 aliphatic rings. The second-order valence-corrected chi connectivity index (χ2v) is 14.0. The van der Waals surface area contributed by atoms with E-state index in [0.717, 1.165) is 18.4 Å². The molecule has 4 heterocycles. The lowest BCUT2D eigenvalue weighted by atomic mass is 9.75. The molecule has 1 aromatic carbocycles. The molecule has 2 fully saturated rings. The Morgan fingerprint density at radius 1 is 1.19 bits per heavy atom. The van der Waals surface area contributed by atoms with E-state index < -0.39 is 29.2 Å². The van der Waals surface area contributed by atoms with Crippen LogP contribution in [0.1, 0.15) is 55.8 Å². The van der Waals surface area contributed by atoms with E-state index >= 15 is 0 Å². The number of para-hydroxylation sites is 1. The van der Waals surface area contributed by atoms with Crippen molar-refractivity contribution in [3.63, 3.8) is 0 Å². The highest BCUT2D eigenvalue weighted by atomic mass is 32.1. The zero-order valence-corrected chi connectivity index (χ0v) is 27.8. The van der Waals surface area contributed by atoms with Crippen LogP contribution in [0.4, 0.5) is 0 Å². The normalized spacial score (nSPS) is 23.3. The summed E-state index contributed by atoms with van der Waals surface area (Å²) in [6.07, 6.45) is 13.8. The van der Waals surface area contributed by atoms with Crippen LogP contribution in [0, 0.1) is 18.8 Å². The number of methoxy groups -OCH3 is 1. The number of carboxylic acids is 1. The molecule has 252 valence electrons. The Morgan fingerprint density at radius 2 is 1.98 bits per heavy atom. The van der Waals surface area contributed by atoms with Gasteiger partial charge in [0.2, 0.25) is 5.89 Å². The SMILES string of the molecule is COc1ccccc1C(CC1(n2c(=O)n(CC3CC(C(=O)O)C3)c(=O)c3c(C)c(-c4ncco4)sc32)C=CC=CC1)OC1CCOCC1. The molecule has 7 rings (SSSR count). The van der Waals surface area contributed by atoms with Crippen molar-refractivity contribution in [1.82, 2.24) is 14.1 Å². The number of ether oxygens (including phenoxy) is 3. The number of fused-ring (bicyclic) bond motifs is 1. The summed E-state index contributed by atoms with van der Waals surface area (Å²) in [5.41, 5.74) is -0.182. The number of carboxylic acid groups (broad SMARTS) is 1. The minimum Gasteiger partial charge on any atom is -0.496 e.